The number of hydrogen-bond acceptors (Lipinski definition) is 6. The van der Waals surface area contributed by atoms with Crippen molar-refractivity contribution in [2.24, 2.45) is 0 Å². The molecule has 1 amide bonds. The fourth-order valence-corrected chi connectivity index (χ4v) is 6.06. The van der Waals surface area contributed by atoms with Crippen molar-refractivity contribution in [1.29, 1.82) is 0 Å². The number of fused-ring (bicyclic) bond motifs is 7. The minimum atomic E-state index is -4.08. The Morgan fingerprint density at radius 1 is 0.919 bits per heavy atom. The predicted octanol–water partition coefficient (Wildman–Crippen LogP) is 4.35. The summed E-state index contributed by atoms with van der Waals surface area (Å²) in [4.78, 5) is 22.1. The second-order valence-electron chi connectivity index (χ2n) is 9.34. The molecule has 2 atom stereocenters. The van der Waals surface area contributed by atoms with Crippen LogP contribution in [0.4, 0.5) is 5.95 Å². The first kappa shape index (κ1) is 23.2. The van der Waals surface area contributed by atoms with Gasteiger partial charge in [-0.3, -0.25) is 4.79 Å². The number of hydrogen-bond donors (Lipinski definition) is 2. The van der Waals surface area contributed by atoms with E-state index in [4.69, 9.17) is 4.74 Å². The quantitative estimate of drug-likeness (QED) is 0.392. The average Bonchev–Trinajstić information content (AvgIpc) is 3.20. The third kappa shape index (κ3) is 4.21. The molecule has 8 nitrogen and oxygen atoms in total. The lowest BCUT2D eigenvalue weighted by Gasteiger charge is -2.23. The van der Waals surface area contributed by atoms with E-state index in [0.717, 1.165) is 27.8 Å². The highest BCUT2D eigenvalue weighted by Gasteiger charge is 2.36. The first-order valence-electron chi connectivity index (χ1n) is 11.9. The molecule has 4 bridgehead atoms. The molecule has 1 aliphatic heterocycles. The van der Waals surface area contributed by atoms with Crippen molar-refractivity contribution in [3.8, 4) is 17.1 Å². The summed E-state index contributed by atoms with van der Waals surface area (Å²) in [6.07, 6.45) is 0.0547. The van der Waals surface area contributed by atoms with Gasteiger partial charge in [0.05, 0.1) is 16.6 Å². The third-order valence-electron chi connectivity index (χ3n) is 6.80. The van der Waals surface area contributed by atoms with Crippen LogP contribution in [0.3, 0.4) is 0 Å². The van der Waals surface area contributed by atoms with Crippen LogP contribution in [-0.2, 0) is 16.4 Å². The molecule has 2 aliphatic rings. The number of carbonyl (C=O) groups is 1. The van der Waals surface area contributed by atoms with E-state index in [1.165, 1.54) is 12.1 Å². The number of sulfonamides is 1. The van der Waals surface area contributed by atoms with Crippen molar-refractivity contribution in [1.82, 2.24) is 15.3 Å². The number of nitrogens with zero attached hydrogens (tertiary/aromatic N) is 2. The van der Waals surface area contributed by atoms with Crippen LogP contribution in [0.1, 0.15) is 38.7 Å². The number of aryl methyl sites for hydroxylation is 2. The minimum absolute atomic E-state index is 0.0609. The SMILES string of the molecule is Cc1cccc(C)c1-c1cc2nc(n1)NS(=O)(=O)c1cccc(c1)C(=O)N[C@H]1Cc3ccccc3[C@H]1O2. The minimum Gasteiger partial charge on any atom is -0.467 e. The van der Waals surface area contributed by atoms with E-state index in [0.29, 0.717) is 12.1 Å². The second kappa shape index (κ2) is 8.70. The predicted molar refractivity (Wildman–Crippen MR) is 139 cm³/mol. The van der Waals surface area contributed by atoms with Gasteiger partial charge in [-0.25, -0.2) is 18.1 Å². The number of anilines is 1. The summed E-state index contributed by atoms with van der Waals surface area (Å²) >= 11 is 0. The largest absolute Gasteiger partial charge is 0.467 e. The second-order valence-corrected chi connectivity index (χ2v) is 11.0. The van der Waals surface area contributed by atoms with Crippen molar-refractivity contribution in [3.05, 3.63) is 101 Å². The molecule has 2 heterocycles. The number of amides is 1. The standard InChI is InChI=1S/C28H24N4O4S/c1-16-7-5-8-17(2)25(16)22-15-24-31-28(30-22)32-37(34,35)20-11-6-10-19(13-20)27(33)29-23-14-18-9-3-4-12-21(18)26(23)36-24/h3-13,15,23,26H,14H2,1-2H3,(H,29,33)(H,30,31,32)/t23-,26+/m0/s1. The Bertz CT molecular complexity index is 1650. The van der Waals surface area contributed by atoms with E-state index in [9.17, 15) is 13.2 Å². The molecule has 0 fully saturated rings. The summed E-state index contributed by atoms with van der Waals surface area (Å²) in [6, 6.07) is 21.0. The van der Waals surface area contributed by atoms with Gasteiger partial charge in [0.1, 0.15) is 6.10 Å². The van der Waals surface area contributed by atoms with Crippen LogP contribution in [0.5, 0.6) is 5.88 Å². The number of benzene rings is 3. The van der Waals surface area contributed by atoms with Gasteiger partial charge in [0.2, 0.25) is 11.8 Å². The van der Waals surface area contributed by atoms with Crippen molar-refractivity contribution in [2.75, 3.05) is 4.72 Å². The van der Waals surface area contributed by atoms with Crippen molar-refractivity contribution < 1.29 is 17.9 Å². The van der Waals surface area contributed by atoms with E-state index in [-0.39, 0.29) is 34.2 Å². The van der Waals surface area contributed by atoms with Crippen LogP contribution in [0.25, 0.3) is 11.3 Å². The molecular formula is C28H24N4O4S. The van der Waals surface area contributed by atoms with E-state index in [1.807, 2.05) is 56.3 Å². The van der Waals surface area contributed by atoms with Gasteiger partial charge in [0.25, 0.3) is 15.9 Å². The fourth-order valence-electron chi connectivity index (χ4n) is 5.07. The van der Waals surface area contributed by atoms with Crippen LogP contribution >= 0.6 is 0 Å². The summed E-state index contributed by atoms with van der Waals surface area (Å²) in [6.45, 7) is 3.95. The number of carbonyl (C=O) groups excluding carboxylic acids is 1. The maximum atomic E-state index is 13.3. The van der Waals surface area contributed by atoms with E-state index in [2.05, 4.69) is 20.0 Å². The highest BCUT2D eigenvalue weighted by molar-refractivity contribution is 7.92. The number of nitrogens with one attached hydrogen (secondary N) is 2. The molecular weight excluding hydrogens is 488 g/mol. The molecule has 186 valence electrons. The average molecular weight is 513 g/mol. The smallest absolute Gasteiger partial charge is 0.264 e. The van der Waals surface area contributed by atoms with E-state index >= 15 is 0 Å². The Hall–Kier alpha value is -4.24. The summed E-state index contributed by atoms with van der Waals surface area (Å²) in [7, 11) is -4.08. The lowest BCUT2D eigenvalue weighted by molar-refractivity contribution is 0.0880. The molecule has 3 aromatic carbocycles. The molecule has 4 aromatic rings. The molecule has 0 saturated carbocycles. The topological polar surface area (TPSA) is 110 Å². The maximum absolute atomic E-state index is 13.3. The van der Waals surface area contributed by atoms with Gasteiger partial charge in [0.15, 0.2) is 0 Å². The number of ether oxygens (including phenoxy) is 1. The Morgan fingerprint density at radius 3 is 2.49 bits per heavy atom. The highest BCUT2D eigenvalue weighted by Crippen LogP contribution is 2.37. The summed E-state index contributed by atoms with van der Waals surface area (Å²) in [5.41, 5.74) is 5.64. The lowest BCUT2D eigenvalue weighted by atomic mass is 10.00. The van der Waals surface area contributed by atoms with Crippen LogP contribution in [0.2, 0.25) is 0 Å². The lowest BCUT2D eigenvalue weighted by Crippen LogP contribution is -2.39. The van der Waals surface area contributed by atoms with Crippen molar-refractivity contribution in [2.45, 2.75) is 37.3 Å². The van der Waals surface area contributed by atoms with Gasteiger partial charge < -0.3 is 10.1 Å². The van der Waals surface area contributed by atoms with Crippen LogP contribution in [0.15, 0.2) is 77.7 Å². The normalized spacial score (nSPS) is 19.6. The zero-order valence-corrected chi connectivity index (χ0v) is 21.0. The van der Waals surface area contributed by atoms with E-state index in [1.54, 1.807) is 18.2 Å². The zero-order valence-electron chi connectivity index (χ0n) is 20.2. The summed E-state index contributed by atoms with van der Waals surface area (Å²) in [5, 5.41) is 3.05. The molecule has 9 heteroatoms. The molecule has 0 spiro atoms. The molecule has 0 radical (unpaired) electrons. The van der Waals surface area contributed by atoms with Crippen LogP contribution in [-0.4, -0.2) is 30.3 Å². The van der Waals surface area contributed by atoms with Crippen LogP contribution < -0.4 is 14.8 Å². The summed E-state index contributed by atoms with van der Waals surface area (Å²) in [5.74, 6) is -0.282. The molecule has 0 saturated heterocycles. The van der Waals surface area contributed by atoms with Gasteiger partial charge >= 0.3 is 0 Å². The van der Waals surface area contributed by atoms with Gasteiger partial charge in [0, 0.05) is 17.2 Å². The number of rotatable bonds is 1. The van der Waals surface area contributed by atoms with Crippen LogP contribution in [0, 0.1) is 13.8 Å². The molecule has 6 rings (SSSR count). The molecule has 1 aromatic heterocycles. The monoisotopic (exact) mass is 512 g/mol. The number of aromatic nitrogens is 2. The van der Waals surface area contributed by atoms with Crippen molar-refractivity contribution >= 4 is 21.9 Å². The molecule has 1 aliphatic carbocycles. The molecule has 2 N–H and O–H groups in total. The highest BCUT2D eigenvalue weighted by atomic mass is 32.2. The molecule has 0 unspecified atom stereocenters. The van der Waals surface area contributed by atoms with E-state index < -0.39 is 16.1 Å². The first-order valence-corrected chi connectivity index (χ1v) is 13.4. The Kier molecular flexibility index (Phi) is 5.45. The Balaban J connectivity index is 1.56. The van der Waals surface area contributed by atoms with Gasteiger partial charge in [-0.15, -0.1) is 0 Å². The fraction of sp³-hybridized carbons (Fsp3) is 0.179. The maximum Gasteiger partial charge on any atom is 0.264 e. The molecule has 37 heavy (non-hydrogen) atoms. The zero-order chi connectivity index (χ0) is 25.7. The first-order chi connectivity index (χ1) is 17.8. The summed E-state index contributed by atoms with van der Waals surface area (Å²) < 4.78 is 35.4. The van der Waals surface area contributed by atoms with Gasteiger partial charge in [-0.2, -0.15) is 4.98 Å². The van der Waals surface area contributed by atoms with Gasteiger partial charge in [-0.05, 0) is 60.7 Å². The van der Waals surface area contributed by atoms with Gasteiger partial charge in [-0.1, -0.05) is 48.5 Å². The Labute approximate surface area is 214 Å². The van der Waals surface area contributed by atoms with Crippen molar-refractivity contribution in [3.63, 3.8) is 0 Å². The third-order valence-corrected chi connectivity index (χ3v) is 8.13. The Morgan fingerprint density at radius 2 is 1.68 bits per heavy atom.